The third-order valence-corrected chi connectivity index (χ3v) is 2.55. The van der Waals surface area contributed by atoms with Crippen LogP contribution >= 0.6 is 0 Å². The number of benzene rings is 1. The van der Waals surface area contributed by atoms with Gasteiger partial charge in [-0.25, -0.2) is 9.59 Å². The van der Waals surface area contributed by atoms with Gasteiger partial charge in [0.1, 0.15) is 17.1 Å². The molecule has 0 fully saturated rings. The lowest BCUT2D eigenvalue weighted by Gasteiger charge is -2.10. The lowest BCUT2D eigenvalue weighted by molar-refractivity contribution is -0.123. The summed E-state index contributed by atoms with van der Waals surface area (Å²) in [5.41, 5.74) is 0.147. The minimum atomic E-state index is -0.745. The van der Waals surface area contributed by atoms with Crippen molar-refractivity contribution in [3.05, 3.63) is 23.8 Å². The van der Waals surface area contributed by atoms with Crippen LogP contribution in [-0.2, 0) is 9.53 Å². The second kappa shape index (κ2) is 8.50. The van der Waals surface area contributed by atoms with E-state index in [4.69, 9.17) is 14.2 Å². The lowest BCUT2D eigenvalue weighted by Crippen LogP contribution is -2.41. The Hall–Kier alpha value is -2.77. The minimum absolute atomic E-state index is 0.147. The molecule has 1 rings (SSSR count). The second-order valence-electron chi connectivity index (χ2n) is 4.05. The molecule has 0 atom stereocenters. The maximum Gasteiger partial charge on any atom is 0.342 e. The fourth-order valence-electron chi connectivity index (χ4n) is 1.54. The van der Waals surface area contributed by atoms with E-state index < -0.39 is 24.5 Å². The van der Waals surface area contributed by atoms with E-state index in [2.05, 4.69) is 5.32 Å². The van der Waals surface area contributed by atoms with E-state index in [1.807, 2.05) is 5.32 Å². The molecular formula is C14H18N2O6. The number of ether oxygens (including phenoxy) is 3. The zero-order valence-corrected chi connectivity index (χ0v) is 12.6. The topological polar surface area (TPSA) is 103 Å². The summed E-state index contributed by atoms with van der Waals surface area (Å²) in [6, 6.07) is 3.89. The summed E-state index contributed by atoms with van der Waals surface area (Å²) < 4.78 is 14.9. The summed E-state index contributed by atoms with van der Waals surface area (Å²) in [4.78, 5) is 34.5. The molecule has 0 spiro atoms. The van der Waals surface area contributed by atoms with Gasteiger partial charge < -0.3 is 19.5 Å². The van der Waals surface area contributed by atoms with Crippen LogP contribution in [0.2, 0.25) is 0 Å². The number of esters is 1. The molecule has 120 valence electrons. The van der Waals surface area contributed by atoms with Gasteiger partial charge in [-0.05, 0) is 19.1 Å². The van der Waals surface area contributed by atoms with Crippen LogP contribution in [0, 0.1) is 0 Å². The fraction of sp³-hybridized carbons (Fsp3) is 0.357. The van der Waals surface area contributed by atoms with Crippen LogP contribution in [-0.4, -0.2) is 45.3 Å². The average molecular weight is 310 g/mol. The number of hydrogen-bond donors (Lipinski definition) is 2. The van der Waals surface area contributed by atoms with E-state index in [1.54, 1.807) is 13.0 Å². The van der Waals surface area contributed by atoms with Crippen molar-refractivity contribution in [2.45, 2.75) is 6.92 Å². The Balaban J connectivity index is 2.62. The van der Waals surface area contributed by atoms with Crippen LogP contribution in [0.25, 0.3) is 0 Å². The van der Waals surface area contributed by atoms with Gasteiger partial charge in [-0.2, -0.15) is 0 Å². The molecule has 2 N–H and O–H groups in total. The Bertz CT molecular complexity index is 558. The maximum absolute atomic E-state index is 11.9. The Morgan fingerprint density at radius 2 is 1.86 bits per heavy atom. The monoisotopic (exact) mass is 310 g/mol. The Morgan fingerprint density at radius 3 is 2.45 bits per heavy atom. The third kappa shape index (κ3) is 4.97. The molecule has 22 heavy (non-hydrogen) atoms. The normalized spacial score (nSPS) is 9.59. The number of urea groups is 1. The molecule has 3 amide bonds. The van der Waals surface area contributed by atoms with Crippen LogP contribution in [0.3, 0.4) is 0 Å². The Kier molecular flexibility index (Phi) is 6.68. The van der Waals surface area contributed by atoms with Gasteiger partial charge in [0.25, 0.3) is 5.91 Å². The van der Waals surface area contributed by atoms with Gasteiger partial charge in [-0.3, -0.25) is 10.1 Å². The largest absolute Gasteiger partial charge is 0.497 e. The summed E-state index contributed by atoms with van der Waals surface area (Å²) in [5.74, 6) is -0.701. The van der Waals surface area contributed by atoms with Crippen molar-refractivity contribution >= 4 is 17.9 Å². The quantitative estimate of drug-likeness (QED) is 0.750. The van der Waals surface area contributed by atoms with Gasteiger partial charge in [-0.1, -0.05) is 0 Å². The molecule has 0 aliphatic rings. The number of carbonyl (C=O) groups is 3. The zero-order chi connectivity index (χ0) is 16.5. The van der Waals surface area contributed by atoms with Crippen molar-refractivity contribution < 1.29 is 28.6 Å². The summed E-state index contributed by atoms with van der Waals surface area (Å²) in [5, 5.41) is 4.40. The van der Waals surface area contributed by atoms with E-state index in [-0.39, 0.29) is 11.3 Å². The van der Waals surface area contributed by atoms with Gasteiger partial charge in [0, 0.05) is 12.6 Å². The molecule has 0 radical (unpaired) electrons. The van der Waals surface area contributed by atoms with Crippen molar-refractivity contribution in [2.24, 2.45) is 0 Å². The highest BCUT2D eigenvalue weighted by Crippen LogP contribution is 2.25. The minimum Gasteiger partial charge on any atom is -0.497 e. The summed E-state index contributed by atoms with van der Waals surface area (Å²) >= 11 is 0. The van der Waals surface area contributed by atoms with Crippen LogP contribution < -0.4 is 20.1 Å². The molecule has 0 heterocycles. The predicted molar refractivity (Wildman–Crippen MR) is 77.0 cm³/mol. The molecule has 0 aliphatic heterocycles. The first-order valence-corrected chi connectivity index (χ1v) is 6.48. The van der Waals surface area contributed by atoms with Crippen molar-refractivity contribution in [3.63, 3.8) is 0 Å². The van der Waals surface area contributed by atoms with Crippen molar-refractivity contribution in [2.75, 3.05) is 27.4 Å². The smallest absolute Gasteiger partial charge is 0.342 e. The maximum atomic E-state index is 11.9. The third-order valence-electron chi connectivity index (χ3n) is 2.55. The average Bonchev–Trinajstić information content (AvgIpc) is 2.52. The van der Waals surface area contributed by atoms with Gasteiger partial charge in [0.15, 0.2) is 6.61 Å². The molecule has 0 saturated carbocycles. The highest BCUT2D eigenvalue weighted by Gasteiger charge is 2.16. The van der Waals surface area contributed by atoms with Crippen molar-refractivity contribution in [1.29, 1.82) is 0 Å². The van der Waals surface area contributed by atoms with Crippen LogP contribution in [0.5, 0.6) is 11.5 Å². The molecule has 0 unspecified atom stereocenters. The molecule has 8 heteroatoms. The van der Waals surface area contributed by atoms with E-state index in [0.717, 1.165) is 0 Å². The summed E-state index contributed by atoms with van der Waals surface area (Å²) in [7, 11) is 2.88. The second-order valence-corrected chi connectivity index (χ2v) is 4.05. The molecule has 1 aromatic rings. The van der Waals surface area contributed by atoms with Gasteiger partial charge in [0.05, 0.1) is 14.2 Å². The lowest BCUT2D eigenvalue weighted by atomic mass is 10.2. The van der Waals surface area contributed by atoms with Gasteiger partial charge in [0.2, 0.25) is 0 Å². The molecule has 0 aliphatic carbocycles. The number of methoxy groups -OCH3 is 2. The number of imide groups is 1. The molecule has 0 saturated heterocycles. The molecular weight excluding hydrogens is 292 g/mol. The Labute approximate surface area is 127 Å². The van der Waals surface area contributed by atoms with Gasteiger partial charge >= 0.3 is 12.0 Å². The van der Waals surface area contributed by atoms with Crippen LogP contribution in [0.4, 0.5) is 4.79 Å². The number of nitrogens with one attached hydrogen (secondary N) is 2. The highest BCUT2D eigenvalue weighted by atomic mass is 16.5. The SMILES string of the molecule is CCNC(=O)NC(=O)COC(=O)c1ccc(OC)cc1OC. The number of rotatable bonds is 6. The van der Waals surface area contributed by atoms with E-state index >= 15 is 0 Å². The van der Waals surface area contributed by atoms with Crippen LogP contribution in [0.15, 0.2) is 18.2 Å². The summed E-state index contributed by atoms with van der Waals surface area (Å²) in [6.07, 6.45) is 0. The fourth-order valence-corrected chi connectivity index (χ4v) is 1.54. The first-order valence-electron chi connectivity index (χ1n) is 6.48. The number of amides is 3. The zero-order valence-electron chi connectivity index (χ0n) is 12.6. The first kappa shape index (κ1) is 17.3. The number of hydrogen-bond acceptors (Lipinski definition) is 6. The molecule has 1 aromatic carbocycles. The Morgan fingerprint density at radius 1 is 1.14 bits per heavy atom. The van der Waals surface area contributed by atoms with E-state index in [9.17, 15) is 14.4 Å². The van der Waals surface area contributed by atoms with Crippen LogP contribution in [0.1, 0.15) is 17.3 Å². The molecule has 0 aromatic heterocycles. The van der Waals surface area contributed by atoms with E-state index in [0.29, 0.717) is 12.3 Å². The van der Waals surface area contributed by atoms with E-state index in [1.165, 1.54) is 26.4 Å². The van der Waals surface area contributed by atoms with Gasteiger partial charge in [-0.15, -0.1) is 0 Å². The van der Waals surface area contributed by atoms with Crippen molar-refractivity contribution in [3.8, 4) is 11.5 Å². The highest BCUT2D eigenvalue weighted by molar-refractivity contribution is 5.97. The molecule has 0 bridgehead atoms. The molecule has 8 nitrogen and oxygen atoms in total. The predicted octanol–water partition coefficient (Wildman–Crippen LogP) is 0.706. The first-order chi connectivity index (χ1) is 10.5. The van der Waals surface area contributed by atoms with Crippen molar-refractivity contribution in [1.82, 2.24) is 10.6 Å². The summed E-state index contributed by atoms with van der Waals surface area (Å²) in [6.45, 7) is 1.51. The number of carbonyl (C=O) groups excluding carboxylic acids is 3. The standard InChI is InChI=1S/C14H18N2O6/c1-4-15-14(19)16-12(17)8-22-13(18)10-6-5-9(20-2)7-11(10)21-3/h5-7H,4,8H2,1-3H3,(H2,15,16,17,19).